The van der Waals surface area contributed by atoms with Crippen molar-refractivity contribution in [1.29, 1.82) is 0 Å². The summed E-state index contributed by atoms with van der Waals surface area (Å²) in [5.41, 5.74) is 4.47. The number of unbranched alkanes of at least 4 members (excludes halogenated alkanes) is 1. The fraction of sp³-hybridized carbons (Fsp3) is 0.471. The van der Waals surface area contributed by atoms with Crippen molar-refractivity contribution in [2.24, 2.45) is 5.73 Å². The number of primary amides is 1. The van der Waals surface area contributed by atoms with Crippen molar-refractivity contribution >= 4 is 23.4 Å². The average molecular weight is 349 g/mol. The van der Waals surface area contributed by atoms with Gasteiger partial charge in [-0.25, -0.2) is 0 Å². The van der Waals surface area contributed by atoms with Gasteiger partial charge in [0.2, 0.25) is 5.91 Å². The molecule has 1 aromatic rings. The van der Waals surface area contributed by atoms with Crippen molar-refractivity contribution in [3.05, 3.63) is 18.2 Å². The number of benzene rings is 1. The van der Waals surface area contributed by atoms with E-state index in [1.54, 1.807) is 18.2 Å². The molecule has 25 heavy (non-hydrogen) atoms. The molecule has 0 spiro atoms. The van der Waals surface area contributed by atoms with Crippen LogP contribution in [0.3, 0.4) is 0 Å². The number of carbonyl (C=O) groups is 3. The molecule has 0 unspecified atom stereocenters. The molecule has 0 aliphatic heterocycles. The Labute approximate surface area is 146 Å². The molecular formula is C17H23N3O5. The van der Waals surface area contributed by atoms with Crippen LogP contribution >= 0.6 is 0 Å². The Morgan fingerprint density at radius 3 is 2.52 bits per heavy atom. The SMILES string of the molecule is CCCCOc1ccc(OC)cc1NC(=O)C(=O)NC1(C(N)=O)CC1. The monoisotopic (exact) mass is 349 g/mol. The van der Waals surface area contributed by atoms with Gasteiger partial charge < -0.3 is 25.8 Å². The minimum Gasteiger partial charge on any atom is -0.497 e. The molecule has 1 aliphatic carbocycles. The Kier molecular flexibility index (Phi) is 5.84. The zero-order chi connectivity index (χ0) is 18.4. The first kappa shape index (κ1) is 18.6. The Morgan fingerprint density at radius 1 is 1.24 bits per heavy atom. The summed E-state index contributed by atoms with van der Waals surface area (Å²) in [6.45, 7) is 2.53. The minimum absolute atomic E-state index is 0.319. The molecular weight excluding hydrogens is 326 g/mol. The second-order valence-corrected chi connectivity index (χ2v) is 5.92. The summed E-state index contributed by atoms with van der Waals surface area (Å²) in [6.07, 6.45) is 2.70. The predicted molar refractivity (Wildman–Crippen MR) is 91.3 cm³/mol. The summed E-state index contributed by atoms with van der Waals surface area (Å²) in [5, 5.41) is 4.88. The predicted octanol–water partition coefficient (Wildman–Crippen LogP) is 0.947. The maximum Gasteiger partial charge on any atom is 0.313 e. The van der Waals surface area contributed by atoms with Crippen molar-refractivity contribution in [2.75, 3.05) is 19.0 Å². The Balaban J connectivity index is 2.07. The highest BCUT2D eigenvalue weighted by atomic mass is 16.5. The fourth-order valence-corrected chi connectivity index (χ4v) is 2.20. The van der Waals surface area contributed by atoms with Crippen LogP contribution in [0.15, 0.2) is 18.2 Å². The molecule has 2 rings (SSSR count). The number of rotatable bonds is 8. The van der Waals surface area contributed by atoms with Crippen LogP contribution in [-0.2, 0) is 14.4 Å². The standard InChI is InChI=1S/C17H23N3O5/c1-3-4-9-25-13-6-5-11(24-2)10-12(13)19-14(21)15(22)20-17(7-8-17)16(18)23/h5-6,10H,3-4,7-9H2,1-2H3,(H2,18,23)(H,19,21)(H,20,22). The smallest absolute Gasteiger partial charge is 0.313 e. The molecule has 3 amide bonds. The number of nitrogens with one attached hydrogen (secondary N) is 2. The minimum atomic E-state index is -1.09. The van der Waals surface area contributed by atoms with Crippen LogP contribution in [0.25, 0.3) is 0 Å². The molecule has 0 heterocycles. The van der Waals surface area contributed by atoms with Gasteiger partial charge in [-0.1, -0.05) is 13.3 Å². The van der Waals surface area contributed by atoms with Crippen molar-refractivity contribution in [3.8, 4) is 11.5 Å². The van der Waals surface area contributed by atoms with Crippen LogP contribution in [0.5, 0.6) is 11.5 Å². The molecule has 8 heteroatoms. The van der Waals surface area contributed by atoms with Gasteiger partial charge in [0.05, 0.1) is 19.4 Å². The molecule has 1 fully saturated rings. The van der Waals surface area contributed by atoms with E-state index < -0.39 is 23.3 Å². The lowest BCUT2D eigenvalue weighted by molar-refractivity contribution is -0.138. The molecule has 1 saturated carbocycles. The second kappa shape index (κ2) is 7.87. The van der Waals surface area contributed by atoms with Gasteiger partial charge in [0, 0.05) is 6.07 Å². The molecule has 0 atom stereocenters. The van der Waals surface area contributed by atoms with E-state index >= 15 is 0 Å². The number of nitrogens with two attached hydrogens (primary N) is 1. The number of methoxy groups -OCH3 is 1. The molecule has 1 aromatic carbocycles. The van der Waals surface area contributed by atoms with Gasteiger partial charge in [-0.2, -0.15) is 0 Å². The second-order valence-electron chi connectivity index (χ2n) is 5.92. The van der Waals surface area contributed by atoms with E-state index in [0.717, 1.165) is 12.8 Å². The average Bonchev–Trinajstić information content (AvgIpc) is 3.37. The highest BCUT2D eigenvalue weighted by Gasteiger charge is 2.50. The first-order valence-electron chi connectivity index (χ1n) is 8.16. The number of hydrogen-bond acceptors (Lipinski definition) is 5. The third-order valence-electron chi connectivity index (χ3n) is 3.97. The van der Waals surface area contributed by atoms with Crippen molar-refractivity contribution in [2.45, 2.75) is 38.1 Å². The molecule has 8 nitrogen and oxygen atoms in total. The van der Waals surface area contributed by atoms with Crippen molar-refractivity contribution < 1.29 is 23.9 Å². The third kappa shape index (κ3) is 4.62. The van der Waals surface area contributed by atoms with Gasteiger partial charge in [0.25, 0.3) is 0 Å². The lowest BCUT2D eigenvalue weighted by Crippen LogP contribution is -2.50. The van der Waals surface area contributed by atoms with Crippen LogP contribution < -0.4 is 25.8 Å². The highest BCUT2D eigenvalue weighted by Crippen LogP contribution is 2.35. The van der Waals surface area contributed by atoms with E-state index in [1.807, 2.05) is 6.92 Å². The fourth-order valence-electron chi connectivity index (χ4n) is 2.20. The topological polar surface area (TPSA) is 120 Å². The number of ether oxygens (including phenoxy) is 2. The van der Waals surface area contributed by atoms with E-state index in [2.05, 4.69) is 10.6 Å². The Morgan fingerprint density at radius 2 is 1.96 bits per heavy atom. The lowest BCUT2D eigenvalue weighted by atomic mass is 10.2. The van der Waals surface area contributed by atoms with Crippen molar-refractivity contribution in [3.63, 3.8) is 0 Å². The number of anilines is 1. The molecule has 0 radical (unpaired) electrons. The summed E-state index contributed by atoms with van der Waals surface area (Å²) in [5.74, 6) is -1.51. The van der Waals surface area contributed by atoms with Gasteiger partial charge in [0.15, 0.2) is 0 Å². The lowest BCUT2D eigenvalue weighted by Gasteiger charge is -2.15. The normalized spacial score (nSPS) is 14.3. The molecule has 0 aromatic heterocycles. The van der Waals surface area contributed by atoms with Gasteiger partial charge >= 0.3 is 11.8 Å². The first-order chi connectivity index (χ1) is 11.9. The highest BCUT2D eigenvalue weighted by molar-refractivity contribution is 6.40. The van der Waals surface area contributed by atoms with Crippen LogP contribution in [0.2, 0.25) is 0 Å². The van der Waals surface area contributed by atoms with Crippen LogP contribution in [0.4, 0.5) is 5.69 Å². The van der Waals surface area contributed by atoms with Gasteiger partial charge in [-0.05, 0) is 31.4 Å². The molecule has 4 N–H and O–H groups in total. The van der Waals surface area contributed by atoms with E-state index in [0.29, 0.717) is 36.6 Å². The number of carbonyl (C=O) groups excluding carboxylic acids is 3. The van der Waals surface area contributed by atoms with E-state index in [4.69, 9.17) is 15.2 Å². The molecule has 0 saturated heterocycles. The molecule has 136 valence electrons. The van der Waals surface area contributed by atoms with Gasteiger partial charge in [0.1, 0.15) is 17.0 Å². The van der Waals surface area contributed by atoms with E-state index in [1.165, 1.54) is 7.11 Å². The van der Waals surface area contributed by atoms with Crippen molar-refractivity contribution in [1.82, 2.24) is 5.32 Å². The van der Waals surface area contributed by atoms with Crippen LogP contribution in [0.1, 0.15) is 32.6 Å². The number of hydrogen-bond donors (Lipinski definition) is 3. The Hall–Kier alpha value is -2.77. The molecule has 0 bridgehead atoms. The largest absolute Gasteiger partial charge is 0.497 e. The van der Waals surface area contributed by atoms with Crippen LogP contribution in [-0.4, -0.2) is 37.0 Å². The summed E-state index contributed by atoms with van der Waals surface area (Å²) in [7, 11) is 1.50. The van der Waals surface area contributed by atoms with E-state index in [9.17, 15) is 14.4 Å². The zero-order valence-electron chi connectivity index (χ0n) is 14.4. The summed E-state index contributed by atoms with van der Waals surface area (Å²) in [4.78, 5) is 35.5. The summed E-state index contributed by atoms with van der Waals surface area (Å²) in [6, 6.07) is 4.92. The summed E-state index contributed by atoms with van der Waals surface area (Å²) < 4.78 is 10.8. The number of amides is 3. The van der Waals surface area contributed by atoms with Gasteiger partial charge in [-0.15, -0.1) is 0 Å². The van der Waals surface area contributed by atoms with Gasteiger partial charge in [-0.3, -0.25) is 14.4 Å². The molecule has 1 aliphatic rings. The van der Waals surface area contributed by atoms with E-state index in [-0.39, 0.29) is 0 Å². The first-order valence-corrected chi connectivity index (χ1v) is 8.16. The quantitative estimate of drug-likeness (QED) is 0.477. The third-order valence-corrected chi connectivity index (χ3v) is 3.97. The maximum atomic E-state index is 12.2. The Bertz CT molecular complexity index is 670. The summed E-state index contributed by atoms with van der Waals surface area (Å²) >= 11 is 0. The van der Waals surface area contributed by atoms with Crippen LogP contribution in [0, 0.1) is 0 Å². The zero-order valence-corrected chi connectivity index (χ0v) is 14.4. The maximum absolute atomic E-state index is 12.2.